The SMILES string of the molecule is CCC(N)Cc1cnc(C2CCC(C(C)C)CC2)nc1. The van der Waals surface area contributed by atoms with Crippen molar-refractivity contribution < 1.29 is 0 Å². The van der Waals surface area contributed by atoms with Gasteiger partial charge < -0.3 is 5.73 Å². The molecule has 3 nitrogen and oxygen atoms in total. The highest BCUT2D eigenvalue weighted by Crippen LogP contribution is 2.37. The van der Waals surface area contributed by atoms with Gasteiger partial charge in [-0.15, -0.1) is 0 Å². The minimum atomic E-state index is 0.228. The van der Waals surface area contributed by atoms with Gasteiger partial charge in [0.25, 0.3) is 0 Å². The Balaban J connectivity index is 1.91. The van der Waals surface area contributed by atoms with Crippen LogP contribution in [0.15, 0.2) is 12.4 Å². The van der Waals surface area contributed by atoms with Crippen LogP contribution in [-0.4, -0.2) is 16.0 Å². The average Bonchev–Trinajstić information content (AvgIpc) is 2.48. The quantitative estimate of drug-likeness (QED) is 0.891. The highest BCUT2D eigenvalue weighted by Gasteiger charge is 2.25. The van der Waals surface area contributed by atoms with E-state index in [2.05, 4.69) is 30.7 Å². The van der Waals surface area contributed by atoms with Gasteiger partial charge in [0, 0.05) is 24.4 Å². The summed E-state index contributed by atoms with van der Waals surface area (Å²) in [6, 6.07) is 0.228. The van der Waals surface area contributed by atoms with Gasteiger partial charge in [-0.3, -0.25) is 0 Å². The van der Waals surface area contributed by atoms with Crippen LogP contribution < -0.4 is 5.73 Å². The zero-order valence-electron chi connectivity index (χ0n) is 13.2. The van der Waals surface area contributed by atoms with Gasteiger partial charge in [0.15, 0.2) is 0 Å². The summed E-state index contributed by atoms with van der Waals surface area (Å²) in [5.41, 5.74) is 7.14. The number of nitrogens with two attached hydrogens (primary N) is 1. The van der Waals surface area contributed by atoms with Crippen LogP contribution in [0.5, 0.6) is 0 Å². The van der Waals surface area contributed by atoms with Crippen molar-refractivity contribution in [3.8, 4) is 0 Å². The second kappa shape index (κ2) is 7.16. The van der Waals surface area contributed by atoms with Crippen LogP contribution in [-0.2, 0) is 6.42 Å². The molecule has 1 aliphatic rings. The molecule has 0 amide bonds. The lowest BCUT2D eigenvalue weighted by atomic mass is 9.77. The number of rotatable bonds is 5. The summed E-state index contributed by atoms with van der Waals surface area (Å²) in [6.07, 6.45) is 11.0. The van der Waals surface area contributed by atoms with E-state index < -0.39 is 0 Å². The van der Waals surface area contributed by atoms with Crippen molar-refractivity contribution in [2.75, 3.05) is 0 Å². The lowest BCUT2D eigenvalue weighted by Crippen LogP contribution is -2.22. The van der Waals surface area contributed by atoms with E-state index in [0.29, 0.717) is 5.92 Å². The second-order valence-electron chi connectivity index (χ2n) is 6.68. The van der Waals surface area contributed by atoms with Crippen molar-refractivity contribution in [3.63, 3.8) is 0 Å². The zero-order chi connectivity index (χ0) is 14.5. The number of aromatic nitrogens is 2. The monoisotopic (exact) mass is 275 g/mol. The Kier molecular flexibility index (Phi) is 5.53. The van der Waals surface area contributed by atoms with Gasteiger partial charge in [0.05, 0.1) is 0 Å². The Labute approximate surface area is 123 Å². The maximum Gasteiger partial charge on any atom is 0.131 e. The fourth-order valence-electron chi connectivity index (χ4n) is 3.17. The van der Waals surface area contributed by atoms with Gasteiger partial charge in [-0.1, -0.05) is 20.8 Å². The Hall–Kier alpha value is -0.960. The molecule has 112 valence electrons. The standard InChI is InChI=1S/C17H29N3/c1-4-16(18)9-13-10-19-17(20-11-13)15-7-5-14(6-8-15)12(2)3/h10-12,14-16H,4-9,18H2,1-3H3. The van der Waals surface area contributed by atoms with Crippen molar-refractivity contribution in [3.05, 3.63) is 23.8 Å². The molecule has 1 atom stereocenters. The fraction of sp³-hybridized carbons (Fsp3) is 0.765. The Bertz CT molecular complexity index is 391. The maximum absolute atomic E-state index is 5.97. The fourth-order valence-corrected chi connectivity index (χ4v) is 3.17. The summed E-state index contributed by atoms with van der Waals surface area (Å²) in [7, 11) is 0. The predicted octanol–water partition coefficient (Wildman–Crippen LogP) is 3.69. The van der Waals surface area contributed by atoms with E-state index in [1.54, 1.807) is 0 Å². The molecule has 0 radical (unpaired) electrons. The second-order valence-corrected chi connectivity index (χ2v) is 6.68. The molecule has 2 N–H and O–H groups in total. The van der Waals surface area contributed by atoms with Crippen LogP contribution in [0.1, 0.15) is 70.2 Å². The van der Waals surface area contributed by atoms with E-state index >= 15 is 0 Å². The number of hydrogen-bond donors (Lipinski definition) is 1. The molecular formula is C17H29N3. The van der Waals surface area contributed by atoms with Crippen molar-refractivity contribution in [1.82, 2.24) is 9.97 Å². The van der Waals surface area contributed by atoms with Crippen molar-refractivity contribution in [2.24, 2.45) is 17.6 Å². The molecule has 1 fully saturated rings. The van der Waals surface area contributed by atoms with E-state index in [-0.39, 0.29) is 6.04 Å². The summed E-state index contributed by atoms with van der Waals surface area (Å²) in [5, 5.41) is 0. The molecular weight excluding hydrogens is 246 g/mol. The summed E-state index contributed by atoms with van der Waals surface area (Å²) in [6.45, 7) is 6.80. The van der Waals surface area contributed by atoms with E-state index in [1.165, 1.54) is 31.2 Å². The van der Waals surface area contributed by atoms with Gasteiger partial charge in [0.2, 0.25) is 0 Å². The first-order valence-corrected chi connectivity index (χ1v) is 8.16. The van der Waals surface area contributed by atoms with Crippen LogP contribution in [0.25, 0.3) is 0 Å². The molecule has 1 aromatic heterocycles. The third-order valence-corrected chi connectivity index (χ3v) is 4.83. The first kappa shape index (κ1) is 15.4. The predicted molar refractivity (Wildman–Crippen MR) is 83.5 cm³/mol. The van der Waals surface area contributed by atoms with Gasteiger partial charge in [-0.25, -0.2) is 9.97 Å². The van der Waals surface area contributed by atoms with Crippen LogP contribution in [0.2, 0.25) is 0 Å². The maximum atomic E-state index is 5.97. The third kappa shape index (κ3) is 4.02. The van der Waals surface area contributed by atoms with Gasteiger partial charge in [0.1, 0.15) is 5.82 Å². The molecule has 1 aliphatic carbocycles. The summed E-state index contributed by atoms with van der Waals surface area (Å²) < 4.78 is 0. The molecule has 1 aromatic rings. The first-order chi connectivity index (χ1) is 9.60. The first-order valence-electron chi connectivity index (χ1n) is 8.16. The van der Waals surface area contributed by atoms with E-state index in [1.807, 2.05) is 12.4 Å². The molecule has 0 aliphatic heterocycles. The summed E-state index contributed by atoms with van der Waals surface area (Å²) in [4.78, 5) is 9.19. The lowest BCUT2D eigenvalue weighted by molar-refractivity contribution is 0.254. The third-order valence-electron chi connectivity index (χ3n) is 4.83. The minimum absolute atomic E-state index is 0.228. The molecule has 0 spiro atoms. The molecule has 0 saturated heterocycles. The number of hydrogen-bond acceptors (Lipinski definition) is 3. The van der Waals surface area contributed by atoms with Gasteiger partial charge in [-0.2, -0.15) is 0 Å². The van der Waals surface area contributed by atoms with Crippen molar-refractivity contribution >= 4 is 0 Å². The molecule has 0 bridgehead atoms. The van der Waals surface area contributed by atoms with Crippen LogP contribution >= 0.6 is 0 Å². The van der Waals surface area contributed by atoms with Gasteiger partial charge >= 0.3 is 0 Å². The Morgan fingerprint density at radius 2 is 1.75 bits per heavy atom. The van der Waals surface area contributed by atoms with Gasteiger partial charge in [-0.05, 0) is 55.9 Å². The zero-order valence-corrected chi connectivity index (χ0v) is 13.2. The largest absolute Gasteiger partial charge is 0.327 e. The van der Waals surface area contributed by atoms with Crippen molar-refractivity contribution in [1.29, 1.82) is 0 Å². The topological polar surface area (TPSA) is 51.8 Å². The van der Waals surface area contributed by atoms with Crippen LogP contribution in [0.3, 0.4) is 0 Å². The molecule has 20 heavy (non-hydrogen) atoms. The number of nitrogens with zero attached hydrogens (tertiary/aromatic N) is 2. The Morgan fingerprint density at radius 1 is 1.15 bits per heavy atom. The lowest BCUT2D eigenvalue weighted by Gasteiger charge is -2.30. The molecule has 3 heteroatoms. The summed E-state index contributed by atoms with van der Waals surface area (Å²) >= 11 is 0. The summed E-state index contributed by atoms with van der Waals surface area (Å²) in [5.74, 6) is 3.32. The van der Waals surface area contributed by atoms with Crippen LogP contribution in [0, 0.1) is 11.8 Å². The molecule has 1 unspecified atom stereocenters. The van der Waals surface area contributed by atoms with Crippen molar-refractivity contribution in [2.45, 2.75) is 71.3 Å². The van der Waals surface area contributed by atoms with E-state index in [9.17, 15) is 0 Å². The Morgan fingerprint density at radius 3 is 2.25 bits per heavy atom. The molecule has 0 aromatic carbocycles. The smallest absolute Gasteiger partial charge is 0.131 e. The minimum Gasteiger partial charge on any atom is -0.327 e. The average molecular weight is 275 g/mol. The normalized spacial score (nSPS) is 24.9. The highest BCUT2D eigenvalue weighted by molar-refractivity contribution is 5.09. The molecule has 2 rings (SSSR count). The molecule has 1 saturated carbocycles. The molecule has 1 heterocycles. The highest BCUT2D eigenvalue weighted by atomic mass is 14.9. The van der Waals surface area contributed by atoms with E-state index in [4.69, 9.17) is 5.73 Å². The van der Waals surface area contributed by atoms with Crippen LogP contribution in [0.4, 0.5) is 0 Å². The van der Waals surface area contributed by atoms with E-state index in [0.717, 1.165) is 30.5 Å².